The standard InChI is InChI=1S/C11H9FN2O/c1-15-11-6-10(13-7-14-11)8-4-2-3-5-9(8)12/h2-7H,1H3. The van der Waals surface area contributed by atoms with Gasteiger partial charge in [-0.25, -0.2) is 14.4 Å². The smallest absolute Gasteiger partial charge is 0.216 e. The monoisotopic (exact) mass is 204 g/mol. The Morgan fingerprint density at radius 3 is 2.73 bits per heavy atom. The normalized spacial score (nSPS) is 10.0. The fraction of sp³-hybridized carbons (Fsp3) is 0.0909. The minimum atomic E-state index is -0.307. The predicted molar refractivity (Wildman–Crippen MR) is 54.0 cm³/mol. The van der Waals surface area contributed by atoms with Crippen LogP contribution >= 0.6 is 0 Å². The van der Waals surface area contributed by atoms with Gasteiger partial charge in [-0.1, -0.05) is 12.1 Å². The highest BCUT2D eigenvalue weighted by Crippen LogP contribution is 2.21. The van der Waals surface area contributed by atoms with Gasteiger partial charge in [-0.15, -0.1) is 0 Å². The molecule has 1 aromatic heterocycles. The van der Waals surface area contributed by atoms with Crippen LogP contribution in [0.3, 0.4) is 0 Å². The lowest BCUT2D eigenvalue weighted by Gasteiger charge is -2.03. The summed E-state index contributed by atoms with van der Waals surface area (Å²) in [6, 6.07) is 8.05. The lowest BCUT2D eigenvalue weighted by Crippen LogP contribution is -1.92. The van der Waals surface area contributed by atoms with Crippen molar-refractivity contribution in [3.63, 3.8) is 0 Å². The van der Waals surface area contributed by atoms with Crippen molar-refractivity contribution >= 4 is 0 Å². The van der Waals surface area contributed by atoms with Gasteiger partial charge in [0.25, 0.3) is 0 Å². The van der Waals surface area contributed by atoms with Crippen molar-refractivity contribution in [3.05, 3.63) is 42.5 Å². The van der Waals surface area contributed by atoms with E-state index in [1.54, 1.807) is 24.3 Å². The molecule has 0 N–H and O–H groups in total. The molecule has 2 rings (SSSR count). The molecule has 0 unspecified atom stereocenters. The van der Waals surface area contributed by atoms with E-state index in [-0.39, 0.29) is 5.82 Å². The second-order valence-corrected chi connectivity index (χ2v) is 2.93. The molecule has 4 heteroatoms. The average Bonchev–Trinajstić information content (AvgIpc) is 2.30. The summed E-state index contributed by atoms with van der Waals surface area (Å²) >= 11 is 0. The van der Waals surface area contributed by atoms with E-state index in [2.05, 4.69) is 9.97 Å². The number of aromatic nitrogens is 2. The van der Waals surface area contributed by atoms with Crippen molar-refractivity contribution in [2.24, 2.45) is 0 Å². The van der Waals surface area contributed by atoms with Crippen LogP contribution in [0.2, 0.25) is 0 Å². The van der Waals surface area contributed by atoms with Gasteiger partial charge in [0.15, 0.2) is 0 Å². The SMILES string of the molecule is COc1cc(-c2ccccc2F)ncn1. The molecule has 1 aromatic carbocycles. The first-order valence-electron chi connectivity index (χ1n) is 4.42. The largest absolute Gasteiger partial charge is 0.481 e. The van der Waals surface area contributed by atoms with E-state index in [9.17, 15) is 4.39 Å². The third-order valence-corrected chi connectivity index (χ3v) is 2.00. The molecule has 0 saturated heterocycles. The quantitative estimate of drug-likeness (QED) is 0.752. The zero-order valence-corrected chi connectivity index (χ0v) is 8.14. The zero-order chi connectivity index (χ0) is 10.7. The van der Waals surface area contributed by atoms with Crippen molar-refractivity contribution in [1.82, 2.24) is 9.97 Å². The van der Waals surface area contributed by atoms with Gasteiger partial charge in [0.2, 0.25) is 5.88 Å². The number of ether oxygens (including phenoxy) is 1. The molecule has 0 radical (unpaired) electrons. The van der Waals surface area contributed by atoms with Crippen molar-refractivity contribution in [1.29, 1.82) is 0 Å². The molecule has 0 spiro atoms. The molecule has 2 aromatic rings. The molecule has 76 valence electrons. The summed E-state index contributed by atoms with van der Waals surface area (Å²) in [4.78, 5) is 7.84. The second-order valence-electron chi connectivity index (χ2n) is 2.93. The van der Waals surface area contributed by atoms with E-state index >= 15 is 0 Å². The molecule has 1 heterocycles. The Labute approximate surface area is 86.6 Å². The van der Waals surface area contributed by atoms with Crippen LogP contribution in [0.4, 0.5) is 4.39 Å². The molecule has 0 atom stereocenters. The lowest BCUT2D eigenvalue weighted by molar-refractivity contribution is 0.397. The summed E-state index contributed by atoms with van der Waals surface area (Å²) < 4.78 is 18.4. The Bertz CT molecular complexity index is 474. The molecular formula is C11H9FN2O. The van der Waals surface area contributed by atoms with Crippen LogP contribution < -0.4 is 4.74 Å². The van der Waals surface area contributed by atoms with E-state index in [0.717, 1.165) is 0 Å². The molecule has 15 heavy (non-hydrogen) atoms. The summed E-state index contributed by atoms with van der Waals surface area (Å²) in [5.74, 6) is 0.113. The minimum absolute atomic E-state index is 0.307. The van der Waals surface area contributed by atoms with Gasteiger partial charge in [0.05, 0.1) is 12.8 Å². The van der Waals surface area contributed by atoms with Crippen LogP contribution in [0.1, 0.15) is 0 Å². The number of hydrogen-bond donors (Lipinski definition) is 0. The number of benzene rings is 1. The van der Waals surface area contributed by atoms with Crippen molar-refractivity contribution < 1.29 is 9.13 Å². The van der Waals surface area contributed by atoms with Crippen LogP contribution in [-0.4, -0.2) is 17.1 Å². The summed E-state index contributed by atoms with van der Waals surface area (Å²) in [7, 11) is 1.51. The third-order valence-electron chi connectivity index (χ3n) is 2.00. The van der Waals surface area contributed by atoms with Crippen molar-refractivity contribution in [2.45, 2.75) is 0 Å². The molecular weight excluding hydrogens is 195 g/mol. The van der Waals surface area contributed by atoms with Crippen molar-refractivity contribution in [2.75, 3.05) is 7.11 Å². The lowest BCUT2D eigenvalue weighted by atomic mass is 10.1. The molecule has 3 nitrogen and oxygen atoms in total. The molecule has 0 amide bonds. The topological polar surface area (TPSA) is 35.0 Å². The van der Waals surface area contributed by atoms with Crippen LogP contribution in [0.5, 0.6) is 5.88 Å². The van der Waals surface area contributed by atoms with Gasteiger partial charge in [0, 0.05) is 11.6 Å². The van der Waals surface area contributed by atoms with E-state index in [1.165, 1.54) is 19.5 Å². The van der Waals surface area contributed by atoms with Crippen LogP contribution in [0.15, 0.2) is 36.7 Å². The van der Waals surface area contributed by atoms with Gasteiger partial charge in [-0.05, 0) is 12.1 Å². The van der Waals surface area contributed by atoms with Gasteiger partial charge in [-0.3, -0.25) is 0 Å². The van der Waals surface area contributed by atoms with E-state index in [0.29, 0.717) is 17.1 Å². The van der Waals surface area contributed by atoms with Crippen LogP contribution in [-0.2, 0) is 0 Å². The summed E-state index contributed by atoms with van der Waals surface area (Å²) in [5, 5.41) is 0. The van der Waals surface area contributed by atoms with Crippen molar-refractivity contribution in [3.8, 4) is 17.1 Å². The molecule has 0 saturated carbocycles. The highest BCUT2D eigenvalue weighted by Gasteiger charge is 2.06. The fourth-order valence-corrected chi connectivity index (χ4v) is 1.27. The first-order valence-corrected chi connectivity index (χ1v) is 4.42. The fourth-order valence-electron chi connectivity index (χ4n) is 1.27. The van der Waals surface area contributed by atoms with Gasteiger partial charge in [-0.2, -0.15) is 0 Å². The Morgan fingerprint density at radius 1 is 1.20 bits per heavy atom. The Kier molecular flexibility index (Phi) is 2.58. The molecule has 0 aliphatic rings. The molecule has 0 aliphatic heterocycles. The third kappa shape index (κ3) is 1.93. The second kappa shape index (κ2) is 4.04. The number of hydrogen-bond acceptors (Lipinski definition) is 3. The molecule has 0 bridgehead atoms. The first kappa shape index (κ1) is 9.58. The minimum Gasteiger partial charge on any atom is -0.481 e. The zero-order valence-electron chi connectivity index (χ0n) is 8.14. The number of rotatable bonds is 2. The van der Waals surface area contributed by atoms with Gasteiger partial charge < -0.3 is 4.74 Å². The van der Waals surface area contributed by atoms with Crippen LogP contribution in [0.25, 0.3) is 11.3 Å². The van der Waals surface area contributed by atoms with E-state index in [4.69, 9.17) is 4.74 Å². The summed E-state index contributed by atoms with van der Waals surface area (Å²) in [6.45, 7) is 0. The maximum Gasteiger partial charge on any atom is 0.216 e. The van der Waals surface area contributed by atoms with E-state index < -0.39 is 0 Å². The average molecular weight is 204 g/mol. The Balaban J connectivity index is 2.49. The molecule has 0 aliphatic carbocycles. The first-order chi connectivity index (χ1) is 7.31. The number of halogens is 1. The maximum absolute atomic E-state index is 13.4. The Hall–Kier alpha value is -1.97. The van der Waals surface area contributed by atoms with Crippen LogP contribution in [0, 0.1) is 5.82 Å². The van der Waals surface area contributed by atoms with Gasteiger partial charge in [0.1, 0.15) is 12.1 Å². The Morgan fingerprint density at radius 2 is 2.00 bits per heavy atom. The van der Waals surface area contributed by atoms with Gasteiger partial charge >= 0.3 is 0 Å². The highest BCUT2D eigenvalue weighted by molar-refractivity contribution is 5.60. The summed E-state index contributed by atoms with van der Waals surface area (Å²) in [5.41, 5.74) is 0.957. The number of nitrogens with zero attached hydrogens (tertiary/aromatic N) is 2. The summed E-state index contributed by atoms with van der Waals surface area (Å²) in [6.07, 6.45) is 1.35. The maximum atomic E-state index is 13.4. The predicted octanol–water partition coefficient (Wildman–Crippen LogP) is 2.29. The highest BCUT2D eigenvalue weighted by atomic mass is 19.1. The molecule has 0 fully saturated rings. The van der Waals surface area contributed by atoms with E-state index in [1.807, 2.05) is 0 Å². The number of methoxy groups -OCH3 is 1.